The average Bonchev–Trinajstić information content (AvgIpc) is 3.71. The maximum Gasteiger partial charge on any atom is 0.290 e. The molecule has 1 N–H and O–H groups in total. The van der Waals surface area contributed by atoms with Gasteiger partial charge in [0, 0.05) is 67.8 Å². The van der Waals surface area contributed by atoms with E-state index in [0.717, 1.165) is 68.3 Å². The van der Waals surface area contributed by atoms with Gasteiger partial charge in [0.2, 0.25) is 0 Å². The molecule has 0 bridgehead atoms. The van der Waals surface area contributed by atoms with E-state index in [1.165, 1.54) is 25.1 Å². The number of aromatic nitrogens is 2. The second-order valence-corrected chi connectivity index (χ2v) is 11.7. The van der Waals surface area contributed by atoms with Crippen LogP contribution < -0.4 is 9.80 Å². The first-order valence-electron chi connectivity index (χ1n) is 14.4. The Kier molecular flexibility index (Phi) is 9.45. The lowest BCUT2D eigenvalue weighted by Gasteiger charge is -2.37. The molecular formula is C31H38ClF2N5O2. The van der Waals surface area contributed by atoms with Crippen LogP contribution in [0.1, 0.15) is 49.4 Å². The van der Waals surface area contributed by atoms with Gasteiger partial charge in [-0.3, -0.25) is 14.4 Å². The largest absolute Gasteiger partial charge is 0.483 e. The molecule has 0 radical (unpaired) electrons. The number of piperidine rings is 1. The standard InChI is InChI=1S/C30H36ClF2N5.CH2O2/c1-21-18-34-38(29(21)30(32)33)26-3-2-12-37(20-26)28-17-24(31)8-11-27(28)23-6-9-25(10-7-23)36-15-13-35(14-16-36)19-22-4-5-22;2-1-3/h6-11,17-18,22,26,30H,2-5,12-16,19-20H2,1H3;1H,(H,2,3). The Bertz CT molecular complexity index is 1310. The Labute approximate surface area is 245 Å². The summed E-state index contributed by atoms with van der Waals surface area (Å²) in [6, 6.07) is 14.8. The van der Waals surface area contributed by atoms with Gasteiger partial charge in [-0.05, 0) is 73.9 Å². The van der Waals surface area contributed by atoms with Crippen LogP contribution in [-0.2, 0) is 4.79 Å². The summed E-state index contributed by atoms with van der Waals surface area (Å²) in [5.74, 6) is 0.944. The molecule has 1 atom stereocenters. The van der Waals surface area contributed by atoms with Gasteiger partial charge in [0.05, 0.1) is 12.2 Å². The molecule has 220 valence electrons. The molecule has 2 aromatic carbocycles. The number of aryl methyl sites for hydroxylation is 1. The SMILES string of the molecule is Cc1cnn(C2CCCN(c3cc(Cl)ccc3-c3ccc(N4CCN(CC5CC5)CC4)cc3)C2)c1C(F)F.O=CO. The first-order chi connectivity index (χ1) is 19.9. The molecule has 2 aliphatic heterocycles. The van der Waals surface area contributed by atoms with Crippen LogP contribution in [0.25, 0.3) is 11.1 Å². The normalized spacial score (nSPS) is 19.7. The van der Waals surface area contributed by atoms with E-state index in [1.807, 2.05) is 12.1 Å². The number of piperazine rings is 1. The number of alkyl halides is 2. The van der Waals surface area contributed by atoms with Gasteiger partial charge in [-0.25, -0.2) is 8.78 Å². The van der Waals surface area contributed by atoms with Crippen LogP contribution in [-0.4, -0.2) is 72.1 Å². The summed E-state index contributed by atoms with van der Waals surface area (Å²) in [5, 5.41) is 11.9. The third-order valence-corrected chi connectivity index (χ3v) is 8.64. The monoisotopic (exact) mass is 585 g/mol. The van der Waals surface area contributed by atoms with Crippen LogP contribution in [0, 0.1) is 12.8 Å². The fourth-order valence-electron chi connectivity index (χ4n) is 6.11. The van der Waals surface area contributed by atoms with E-state index in [2.05, 4.69) is 50.1 Å². The molecule has 7 nitrogen and oxygen atoms in total. The van der Waals surface area contributed by atoms with Crippen molar-refractivity contribution in [2.45, 2.75) is 45.1 Å². The lowest BCUT2D eigenvalue weighted by Crippen LogP contribution is -2.47. The lowest BCUT2D eigenvalue weighted by molar-refractivity contribution is -0.122. The van der Waals surface area contributed by atoms with Crippen LogP contribution in [0.3, 0.4) is 0 Å². The molecule has 3 aliphatic rings. The molecule has 1 unspecified atom stereocenters. The van der Waals surface area contributed by atoms with Crippen LogP contribution in [0.2, 0.25) is 5.02 Å². The van der Waals surface area contributed by atoms with E-state index in [9.17, 15) is 8.78 Å². The zero-order valence-electron chi connectivity index (χ0n) is 23.4. The number of hydrogen-bond acceptors (Lipinski definition) is 5. The highest BCUT2D eigenvalue weighted by Gasteiger charge is 2.29. The van der Waals surface area contributed by atoms with Gasteiger partial charge < -0.3 is 14.9 Å². The predicted octanol–water partition coefficient (Wildman–Crippen LogP) is 6.52. The fraction of sp³-hybridized carbons (Fsp3) is 0.484. The minimum absolute atomic E-state index is 0.0344. The average molecular weight is 586 g/mol. The van der Waals surface area contributed by atoms with Crippen molar-refractivity contribution in [2.24, 2.45) is 5.92 Å². The summed E-state index contributed by atoms with van der Waals surface area (Å²) in [6.07, 6.45) is 3.58. The number of halogens is 3. The summed E-state index contributed by atoms with van der Waals surface area (Å²) < 4.78 is 29.1. The van der Waals surface area contributed by atoms with E-state index in [4.69, 9.17) is 21.5 Å². The molecule has 3 aromatic rings. The number of benzene rings is 2. The summed E-state index contributed by atoms with van der Waals surface area (Å²) in [5.41, 5.74) is 5.14. The zero-order chi connectivity index (χ0) is 28.9. The Morgan fingerprint density at radius 1 is 1.02 bits per heavy atom. The van der Waals surface area contributed by atoms with Gasteiger partial charge in [0.1, 0.15) is 5.69 Å². The first kappa shape index (κ1) is 29.3. The fourth-order valence-corrected chi connectivity index (χ4v) is 6.28. The number of rotatable bonds is 7. The quantitative estimate of drug-likeness (QED) is 0.318. The molecule has 0 spiro atoms. The van der Waals surface area contributed by atoms with Crippen LogP contribution in [0.15, 0.2) is 48.7 Å². The van der Waals surface area contributed by atoms with Crippen molar-refractivity contribution in [1.29, 1.82) is 0 Å². The van der Waals surface area contributed by atoms with Gasteiger partial charge in [-0.15, -0.1) is 0 Å². The molecule has 1 aromatic heterocycles. The molecule has 41 heavy (non-hydrogen) atoms. The number of nitrogens with zero attached hydrogens (tertiary/aromatic N) is 5. The minimum Gasteiger partial charge on any atom is -0.483 e. The molecule has 2 saturated heterocycles. The van der Waals surface area contributed by atoms with Crippen LogP contribution in [0.5, 0.6) is 0 Å². The molecule has 10 heteroatoms. The molecule has 1 aliphatic carbocycles. The lowest BCUT2D eigenvalue weighted by atomic mass is 9.99. The highest BCUT2D eigenvalue weighted by Crippen LogP contribution is 2.38. The number of hydrogen-bond donors (Lipinski definition) is 1. The van der Waals surface area contributed by atoms with Crippen molar-refractivity contribution in [3.63, 3.8) is 0 Å². The van der Waals surface area contributed by atoms with E-state index >= 15 is 0 Å². The molecule has 1 saturated carbocycles. The maximum absolute atomic E-state index is 13.8. The summed E-state index contributed by atoms with van der Waals surface area (Å²) in [7, 11) is 0. The Hall–Kier alpha value is -3.17. The van der Waals surface area contributed by atoms with Gasteiger partial charge >= 0.3 is 0 Å². The molecule has 6 rings (SSSR count). The van der Waals surface area contributed by atoms with Gasteiger partial charge in [-0.2, -0.15) is 5.10 Å². The summed E-state index contributed by atoms with van der Waals surface area (Å²) in [4.78, 5) is 15.7. The maximum atomic E-state index is 13.8. The smallest absolute Gasteiger partial charge is 0.290 e. The zero-order valence-corrected chi connectivity index (χ0v) is 24.2. The first-order valence-corrected chi connectivity index (χ1v) is 14.8. The Balaban J connectivity index is 0.00000108. The van der Waals surface area contributed by atoms with Gasteiger partial charge in [0.25, 0.3) is 12.9 Å². The molecule has 3 fully saturated rings. The number of anilines is 2. The predicted molar refractivity (Wildman–Crippen MR) is 159 cm³/mol. The number of carboxylic acid groups (broad SMARTS) is 1. The minimum atomic E-state index is -2.53. The van der Waals surface area contributed by atoms with Gasteiger partial charge in [0.15, 0.2) is 0 Å². The molecule has 3 heterocycles. The van der Waals surface area contributed by atoms with E-state index in [0.29, 0.717) is 17.1 Å². The van der Waals surface area contributed by atoms with Crippen LogP contribution in [0.4, 0.5) is 20.2 Å². The highest BCUT2D eigenvalue weighted by molar-refractivity contribution is 6.31. The van der Waals surface area contributed by atoms with Gasteiger partial charge in [-0.1, -0.05) is 29.8 Å². The van der Waals surface area contributed by atoms with Crippen molar-refractivity contribution >= 4 is 29.4 Å². The second-order valence-electron chi connectivity index (χ2n) is 11.2. The number of carbonyl (C=O) groups is 1. The topological polar surface area (TPSA) is 64.8 Å². The van der Waals surface area contributed by atoms with Crippen molar-refractivity contribution < 1.29 is 18.7 Å². The Morgan fingerprint density at radius 2 is 1.73 bits per heavy atom. The van der Waals surface area contributed by atoms with Crippen molar-refractivity contribution in [3.8, 4) is 11.1 Å². The van der Waals surface area contributed by atoms with Crippen molar-refractivity contribution in [1.82, 2.24) is 14.7 Å². The summed E-state index contributed by atoms with van der Waals surface area (Å²) >= 11 is 6.47. The van der Waals surface area contributed by atoms with E-state index < -0.39 is 6.43 Å². The molecular weight excluding hydrogens is 548 g/mol. The van der Waals surface area contributed by atoms with E-state index in [-0.39, 0.29) is 18.2 Å². The summed E-state index contributed by atoms with van der Waals surface area (Å²) in [6.45, 7) is 8.62. The van der Waals surface area contributed by atoms with Crippen LogP contribution >= 0.6 is 11.6 Å². The highest BCUT2D eigenvalue weighted by atomic mass is 35.5. The van der Waals surface area contributed by atoms with Crippen molar-refractivity contribution in [2.75, 3.05) is 55.6 Å². The third kappa shape index (κ3) is 7.01. The molecule has 0 amide bonds. The second kappa shape index (κ2) is 13.2. The third-order valence-electron chi connectivity index (χ3n) is 8.41. The van der Waals surface area contributed by atoms with E-state index in [1.54, 1.807) is 17.8 Å². The Morgan fingerprint density at radius 3 is 2.39 bits per heavy atom. The van der Waals surface area contributed by atoms with Crippen molar-refractivity contribution in [3.05, 3.63) is 64.9 Å².